The van der Waals surface area contributed by atoms with Gasteiger partial charge in [0.05, 0.1) is 25.0 Å². The van der Waals surface area contributed by atoms with Crippen molar-refractivity contribution < 1.29 is 9.47 Å². The van der Waals surface area contributed by atoms with E-state index in [1.165, 1.54) is 101 Å². The summed E-state index contributed by atoms with van der Waals surface area (Å²) in [5.74, 6) is 1.83. The largest absolute Gasteiger partial charge is 0.494 e. The molecule has 0 spiro atoms. The van der Waals surface area contributed by atoms with E-state index in [-0.39, 0.29) is 11.8 Å². The van der Waals surface area contributed by atoms with Crippen LogP contribution in [0.4, 0.5) is 0 Å². The Morgan fingerprint density at radius 3 is 1.08 bits per heavy atom. The summed E-state index contributed by atoms with van der Waals surface area (Å²) in [7, 11) is 0. The lowest BCUT2D eigenvalue weighted by atomic mass is 9.87. The van der Waals surface area contributed by atoms with E-state index in [1.807, 2.05) is 0 Å². The molecule has 7 rings (SSSR count). The molecule has 0 saturated heterocycles. The van der Waals surface area contributed by atoms with Crippen LogP contribution in [0, 0.1) is 27.7 Å². The molecule has 0 saturated carbocycles. The van der Waals surface area contributed by atoms with Gasteiger partial charge in [0, 0.05) is 69.1 Å². The van der Waals surface area contributed by atoms with Gasteiger partial charge in [-0.2, -0.15) is 0 Å². The molecule has 4 N–H and O–H groups in total. The Labute approximate surface area is 375 Å². The molecule has 2 aromatic carbocycles. The summed E-state index contributed by atoms with van der Waals surface area (Å²) in [5, 5.41) is 1.99. The second-order valence-electron chi connectivity index (χ2n) is 16.8. The molecule has 0 atom stereocenters. The van der Waals surface area contributed by atoms with Crippen LogP contribution in [0.2, 0.25) is 0 Å². The molecule has 6 nitrogen and oxygen atoms in total. The average Bonchev–Trinajstić information content (AvgIpc) is 3.94. The van der Waals surface area contributed by atoms with Crippen molar-refractivity contribution in [3.8, 4) is 11.5 Å². The van der Waals surface area contributed by atoms with Crippen molar-refractivity contribution in [2.75, 3.05) is 23.9 Å². The molecule has 1 aliphatic heterocycles. The number of aromatic amines is 4. The number of halogens is 2. The summed E-state index contributed by atoms with van der Waals surface area (Å²) in [4.78, 5) is 16.6. The predicted molar refractivity (Wildman–Crippen MR) is 257 cm³/mol. The van der Waals surface area contributed by atoms with Gasteiger partial charge in [0.25, 0.3) is 0 Å². The second kappa shape index (κ2) is 19.9. The number of aromatic nitrogens is 4. The highest BCUT2D eigenvalue weighted by molar-refractivity contribution is 9.09. The van der Waals surface area contributed by atoms with E-state index in [0.29, 0.717) is 13.2 Å². The van der Waals surface area contributed by atoms with Crippen LogP contribution in [0.3, 0.4) is 0 Å². The molecule has 8 heteroatoms. The number of H-pyrrole nitrogens is 4. The zero-order valence-electron chi connectivity index (χ0n) is 37.2. The van der Waals surface area contributed by atoms with Gasteiger partial charge < -0.3 is 29.4 Å². The molecule has 4 aromatic heterocycles. The first-order valence-corrected chi connectivity index (χ1v) is 24.8. The van der Waals surface area contributed by atoms with E-state index in [2.05, 4.69) is 156 Å². The van der Waals surface area contributed by atoms with E-state index in [4.69, 9.17) is 9.47 Å². The fourth-order valence-corrected chi connectivity index (χ4v) is 11.0. The molecule has 0 unspecified atom stereocenters. The number of nitrogens with one attached hydrogen (secondary N) is 4. The minimum Gasteiger partial charge on any atom is -0.494 e. The topological polar surface area (TPSA) is 81.6 Å². The summed E-state index contributed by atoms with van der Waals surface area (Å²) in [5.41, 5.74) is 23.8. The Balaban J connectivity index is 1.46. The number of unbranched alkanes of at least 4 members (excludes halogenated alkanes) is 2. The first kappa shape index (κ1) is 44.2. The van der Waals surface area contributed by atoms with Crippen LogP contribution in [0.25, 0.3) is 0 Å². The zero-order chi connectivity index (χ0) is 42.5. The Hall–Kier alpha value is -3.88. The third kappa shape index (κ3) is 8.75. The van der Waals surface area contributed by atoms with Crippen molar-refractivity contribution in [3.63, 3.8) is 0 Å². The number of alkyl halides is 2. The minimum atomic E-state index is -0.0152. The quantitative estimate of drug-likeness (QED) is 0.0575. The van der Waals surface area contributed by atoms with Gasteiger partial charge in [0.2, 0.25) is 0 Å². The number of benzene rings is 2. The summed E-state index contributed by atoms with van der Waals surface area (Å²) >= 11 is 7.16. The standard InChI is InChI=1S/C52H66Br2N4O2/c1-9-39-31(5)49-47(35-19-17-21-37(27-35)59-25-15-13-23-53)50-33(7)41(11-3)45(57-50)30-46-42(12-4)34(8)52(58-46)48(36-20-18-22-38(28-36)60-26-16-14-24-54)51-32(6)40(10-2)44(56-51)29-43(39)55-49/h17-22,27-28,47-48,55-58H,9-16,23-26,29-30H2,1-8H3. The summed E-state index contributed by atoms with van der Waals surface area (Å²) in [6, 6.07) is 17.7. The second-order valence-corrected chi connectivity index (χ2v) is 18.3. The van der Waals surface area contributed by atoms with Gasteiger partial charge in [-0.05, 0) is 159 Å². The number of fused-ring (bicyclic) bond motifs is 8. The zero-order valence-corrected chi connectivity index (χ0v) is 40.4. The van der Waals surface area contributed by atoms with E-state index < -0.39 is 0 Å². The first-order valence-electron chi connectivity index (χ1n) is 22.6. The lowest BCUT2D eigenvalue weighted by Crippen LogP contribution is -2.09. The van der Waals surface area contributed by atoms with Crippen molar-refractivity contribution in [1.82, 2.24) is 19.9 Å². The van der Waals surface area contributed by atoms with Gasteiger partial charge in [-0.15, -0.1) is 0 Å². The molecule has 320 valence electrons. The van der Waals surface area contributed by atoms with Crippen molar-refractivity contribution in [3.05, 3.63) is 150 Å². The van der Waals surface area contributed by atoms with Crippen molar-refractivity contribution in [2.24, 2.45) is 0 Å². The number of hydrogen-bond donors (Lipinski definition) is 4. The third-order valence-corrected chi connectivity index (χ3v) is 14.4. The summed E-state index contributed by atoms with van der Waals surface area (Å²) in [6.07, 6.45) is 9.69. The SMILES string of the molecule is CCc1c2[nH]c(c1C)C(c1cccc(OCCCCBr)c1)c1[nH]c(c(CC)c1C)Cc1[nH]c(c(C)c1CC)C(c1cccc(OCCCCBr)c1)c1[nH]c(c(CC)c1C)C2. The molecule has 6 aromatic rings. The van der Waals surface area contributed by atoms with Gasteiger partial charge in [0.1, 0.15) is 11.5 Å². The molecule has 0 amide bonds. The highest BCUT2D eigenvalue weighted by atomic mass is 79.9. The molecule has 0 fully saturated rings. The normalized spacial score (nSPS) is 15.2. The van der Waals surface area contributed by atoms with Gasteiger partial charge in [-0.3, -0.25) is 0 Å². The molecule has 1 aliphatic rings. The lowest BCUT2D eigenvalue weighted by Gasteiger charge is -2.20. The molecule has 0 aliphatic carbocycles. The van der Waals surface area contributed by atoms with Crippen molar-refractivity contribution in [1.29, 1.82) is 0 Å². The first-order chi connectivity index (χ1) is 29.2. The van der Waals surface area contributed by atoms with Crippen molar-refractivity contribution >= 4 is 31.9 Å². The highest BCUT2D eigenvalue weighted by Crippen LogP contribution is 2.43. The Bertz CT molecular complexity index is 2120. The Kier molecular flexibility index (Phi) is 14.6. The Morgan fingerprint density at radius 1 is 0.483 bits per heavy atom. The van der Waals surface area contributed by atoms with Crippen LogP contribution < -0.4 is 9.47 Å². The molecule has 60 heavy (non-hydrogen) atoms. The van der Waals surface area contributed by atoms with Crippen LogP contribution in [0.15, 0.2) is 48.5 Å². The van der Waals surface area contributed by atoms with Crippen LogP contribution in [0.1, 0.15) is 166 Å². The molecular formula is C52H66Br2N4O2. The Morgan fingerprint density at radius 2 is 0.800 bits per heavy atom. The van der Waals surface area contributed by atoms with E-state index in [0.717, 1.165) is 86.4 Å². The monoisotopic (exact) mass is 936 g/mol. The maximum Gasteiger partial charge on any atom is 0.119 e. The van der Waals surface area contributed by atoms with E-state index >= 15 is 0 Å². The molecule has 8 bridgehead atoms. The minimum absolute atomic E-state index is 0.0152. The number of ether oxygens (including phenoxy) is 2. The predicted octanol–water partition coefficient (Wildman–Crippen LogP) is 13.4. The van der Waals surface area contributed by atoms with E-state index in [1.54, 1.807) is 0 Å². The lowest BCUT2D eigenvalue weighted by molar-refractivity contribution is 0.309. The highest BCUT2D eigenvalue weighted by Gasteiger charge is 2.32. The summed E-state index contributed by atoms with van der Waals surface area (Å²) in [6.45, 7) is 20.0. The van der Waals surface area contributed by atoms with Crippen molar-refractivity contribution in [2.45, 2.75) is 131 Å². The van der Waals surface area contributed by atoms with Gasteiger partial charge in [0.15, 0.2) is 0 Å². The average molecular weight is 939 g/mol. The van der Waals surface area contributed by atoms with Gasteiger partial charge >= 0.3 is 0 Å². The van der Waals surface area contributed by atoms with E-state index in [9.17, 15) is 0 Å². The van der Waals surface area contributed by atoms with Crippen LogP contribution in [-0.2, 0) is 38.5 Å². The molecule has 0 radical (unpaired) electrons. The third-order valence-electron chi connectivity index (χ3n) is 13.3. The van der Waals surface area contributed by atoms with Crippen LogP contribution >= 0.6 is 31.9 Å². The fourth-order valence-electron chi connectivity index (χ4n) is 10.2. The fraction of sp³-hybridized carbons (Fsp3) is 0.462. The van der Waals surface area contributed by atoms with Crippen LogP contribution in [-0.4, -0.2) is 43.8 Å². The molecular weight excluding hydrogens is 872 g/mol. The van der Waals surface area contributed by atoms with Gasteiger partial charge in [-0.25, -0.2) is 0 Å². The maximum absolute atomic E-state index is 6.38. The van der Waals surface area contributed by atoms with Crippen LogP contribution in [0.5, 0.6) is 11.5 Å². The smallest absolute Gasteiger partial charge is 0.119 e. The van der Waals surface area contributed by atoms with Gasteiger partial charge in [-0.1, -0.05) is 83.8 Å². The number of hydrogen-bond acceptors (Lipinski definition) is 2. The maximum atomic E-state index is 6.38. The molecule has 5 heterocycles. The summed E-state index contributed by atoms with van der Waals surface area (Å²) < 4.78 is 12.8. The number of rotatable bonds is 16.